The molecule has 0 aliphatic heterocycles. The van der Waals surface area contributed by atoms with Crippen LogP contribution in [0.15, 0.2) is 95.9 Å². The van der Waals surface area contributed by atoms with E-state index >= 15 is 0 Å². The number of para-hydroxylation sites is 2. The van der Waals surface area contributed by atoms with Crippen molar-refractivity contribution >= 4 is 48.9 Å². The van der Waals surface area contributed by atoms with E-state index in [0.717, 1.165) is 15.8 Å². The molecular formula is C27H21N3O4S2. The van der Waals surface area contributed by atoms with E-state index < -0.39 is 15.9 Å². The summed E-state index contributed by atoms with van der Waals surface area (Å²) >= 11 is 1.44. The van der Waals surface area contributed by atoms with Gasteiger partial charge in [0.25, 0.3) is 15.9 Å². The highest BCUT2D eigenvalue weighted by atomic mass is 32.2. The fourth-order valence-electron chi connectivity index (χ4n) is 3.66. The average molecular weight is 516 g/mol. The molecule has 5 aromatic rings. The topological polar surface area (TPSA) is 108 Å². The van der Waals surface area contributed by atoms with Gasteiger partial charge < -0.3 is 10.4 Å². The highest BCUT2D eigenvalue weighted by molar-refractivity contribution is 7.92. The zero-order valence-electron chi connectivity index (χ0n) is 19.1. The molecule has 0 atom stereocenters. The summed E-state index contributed by atoms with van der Waals surface area (Å²) in [5, 5.41) is 13.9. The van der Waals surface area contributed by atoms with E-state index in [0.29, 0.717) is 16.3 Å². The van der Waals surface area contributed by atoms with Gasteiger partial charge in [0.1, 0.15) is 10.8 Å². The third-order valence-corrected chi connectivity index (χ3v) is 7.98. The molecule has 1 aromatic heterocycles. The second-order valence-corrected chi connectivity index (χ2v) is 10.8. The number of nitrogens with zero attached hydrogens (tertiary/aromatic N) is 1. The molecule has 0 fully saturated rings. The van der Waals surface area contributed by atoms with Crippen molar-refractivity contribution in [1.29, 1.82) is 0 Å². The van der Waals surface area contributed by atoms with Crippen LogP contribution >= 0.6 is 11.3 Å². The monoisotopic (exact) mass is 515 g/mol. The Hall–Kier alpha value is -4.21. The van der Waals surface area contributed by atoms with Crippen LogP contribution in [0.2, 0.25) is 0 Å². The lowest BCUT2D eigenvalue weighted by Gasteiger charge is -2.13. The number of rotatable bonds is 6. The first-order valence-corrected chi connectivity index (χ1v) is 13.3. The number of amides is 1. The summed E-state index contributed by atoms with van der Waals surface area (Å²) in [5.41, 5.74) is 2.99. The molecule has 0 unspecified atom stereocenters. The lowest BCUT2D eigenvalue weighted by atomic mass is 10.1. The third kappa shape index (κ3) is 4.79. The number of benzene rings is 4. The van der Waals surface area contributed by atoms with Crippen LogP contribution in [0.3, 0.4) is 0 Å². The molecule has 0 aliphatic rings. The van der Waals surface area contributed by atoms with E-state index in [-0.39, 0.29) is 21.9 Å². The van der Waals surface area contributed by atoms with E-state index in [2.05, 4.69) is 15.0 Å². The second-order valence-electron chi connectivity index (χ2n) is 8.14. The van der Waals surface area contributed by atoms with E-state index in [1.165, 1.54) is 41.7 Å². The van der Waals surface area contributed by atoms with Crippen molar-refractivity contribution in [3.8, 4) is 16.3 Å². The molecule has 0 aliphatic carbocycles. The number of thiazole rings is 1. The summed E-state index contributed by atoms with van der Waals surface area (Å²) in [6.07, 6.45) is 0. The molecule has 0 saturated carbocycles. The second kappa shape index (κ2) is 9.44. The van der Waals surface area contributed by atoms with Crippen molar-refractivity contribution in [2.24, 2.45) is 0 Å². The number of carbonyl (C=O) groups excluding carboxylic acids is 1. The number of aryl methyl sites for hydroxylation is 1. The molecule has 1 heterocycles. The molecule has 0 saturated heterocycles. The number of phenolic OH excluding ortho intramolecular Hbond substituents is 1. The first-order valence-electron chi connectivity index (χ1n) is 11.0. The predicted molar refractivity (Wildman–Crippen MR) is 143 cm³/mol. The lowest BCUT2D eigenvalue weighted by molar-refractivity contribution is 0.102. The Balaban J connectivity index is 1.42. The summed E-state index contributed by atoms with van der Waals surface area (Å²) in [4.78, 5) is 17.8. The predicted octanol–water partition coefficient (Wildman–Crippen LogP) is 6.03. The molecule has 0 radical (unpaired) electrons. The van der Waals surface area contributed by atoms with Gasteiger partial charge in [-0.15, -0.1) is 11.3 Å². The number of hydrogen-bond acceptors (Lipinski definition) is 6. The van der Waals surface area contributed by atoms with Crippen molar-refractivity contribution in [3.05, 3.63) is 102 Å². The molecule has 180 valence electrons. The summed E-state index contributed by atoms with van der Waals surface area (Å²) in [7, 11) is -3.89. The molecule has 4 aromatic carbocycles. The standard InChI is InChI=1S/C27H21N3O4S2/c1-17-10-13-19(14-11-17)36(33,34)30-22-7-3-2-6-20(22)26(32)28-18-12-15-24(31)21(16-18)27-29-23-8-4-5-9-25(23)35-27/h2-16,30-31H,1H3,(H,28,32). The van der Waals surface area contributed by atoms with Gasteiger partial charge in [0.15, 0.2) is 0 Å². The van der Waals surface area contributed by atoms with Gasteiger partial charge in [0, 0.05) is 5.69 Å². The maximum absolute atomic E-state index is 13.2. The van der Waals surface area contributed by atoms with Crippen molar-refractivity contribution in [1.82, 2.24) is 4.98 Å². The fourth-order valence-corrected chi connectivity index (χ4v) is 5.73. The lowest BCUT2D eigenvalue weighted by Crippen LogP contribution is -2.18. The maximum Gasteiger partial charge on any atom is 0.261 e. The molecule has 7 nitrogen and oxygen atoms in total. The minimum atomic E-state index is -3.89. The van der Waals surface area contributed by atoms with Gasteiger partial charge in [-0.3, -0.25) is 9.52 Å². The third-order valence-electron chi connectivity index (χ3n) is 5.53. The molecule has 3 N–H and O–H groups in total. The zero-order chi connectivity index (χ0) is 25.3. The van der Waals surface area contributed by atoms with Crippen molar-refractivity contribution in [3.63, 3.8) is 0 Å². The van der Waals surface area contributed by atoms with Gasteiger partial charge in [-0.1, -0.05) is 42.0 Å². The van der Waals surface area contributed by atoms with Crippen LogP contribution in [0, 0.1) is 6.92 Å². The Labute approximate surface area is 212 Å². The first-order chi connectivity index (χ1) is 17.3. The average Bonchev–Trinajstić information content (AvgIpc) is 3.29. The Morgan fingerprint density at radius 1 is 0.917 bits per heavy atom. The zero-order valence-corrected chi connectivity index (χ0v) is 20.7. The van der Waals surface area contributed by atoms with E-state index in [4.69, 9.17) is 0 Å². The number of fused-ring (bicyclic) bond motifs is 1. The summed E-state index contributed by atoms with van der Waals surface area (Å²) in [5.74, 6) is -0.462. The molecule has 0 spiro atoms. The van der Waals surface area contributed by atoms with Crippen LogP contribution in [0.4, 0.5) is 11.4 Å². The van der Waals surface area contributed by atoms with Gasteiger partial charge >= 0.3 is 0 Å². The normalized spacial score (nSPS) is 11.4. The minimum absolute atomic E-state index is 0.0401. The van der Waals surface area contributed by atoms with E-state index in [1.807, 2.05) is 31.2 Å². The smallest absolute Gasteiger partial charge is 0.261 e. The van der Waals surface area contributed by atoms with Crippen LogP contribution < -0.4 is 10.0 Å². The number of carbonyl (C=O) groups is 1. The molecule has 1 amide bonds. The van der Waals surface area contributed by atoms with Crippen LogP contribution in [-0.2, 0) is 10.0 Å². The number of nitrogens with one attached hydrogen (secondary N) is 2. The van der Waals surface area contributed by atoms with Crippen LogP contribution in [0.25, 0.3) is 20.8 Å². The SMILES string of the molecule is Cc1ccc(S(=O)(=O)Nc2ccccc2C(=O)Nc2ccc(O)c(-c3nc4ccccc4s3)c2)cc1. The minimum Gasteiger partial charge on any atom is -0.507 e. The van der Waals surface area contributed by atoms with Gasteiger partial charge in [-0.25, -0.2) is 13.4 Å². The van der Waals surface area contributed by atoms with Gasteiger partial charge in [0.05, 0.1) is 31.9 Å². The molecular weight excluding hydrogens is 494 g/mol. The largest absolute Gasteiger partial charge is 0.507 e. The Morgan fingerprint density at radius 3 is 2.42 bits per heavy atom. The van der Waals surface area contributed by atoms with Crippen LogP contribution in [-0.4, -0.2) is 24.4 Å². The van der Waals surface area contributed by atoms with Crippen LogP contribution in [0.5, 0.6) is 5.75 Å². The highest BCUT2D eigenvalue weighted by Crippen LogP contribution is 2.37. The molecule has 9 heteroatoms. The first kappa shape index (κ1) is 23.5. The summed E-state index contributed by atoms with van der Waals surface area (Å²) in [6, 6.07) is 25.2. The van der Waals surface area contributed by atoms with Gasteiger partial charge in [-0.2, -0.15) is 0 Å². The van der Waals surface area contributed by atoms with Gasteiger partial charge in [0.2, 0.25) is 0 Å². The summed E-state index contributed by atoms with van der Waals surface area (Å²) in [6.45, 7) is 1.87. The number of hydrogen-bond donors (Lipinski definition) is 3. The quantitative estimate of drug-likeness (QED) is 0.239. The van der Waals surface area contributed by atoms with E-state index in [1.54, 1.807) is 36.4 Å². The number of aromatic nitrogens is 1. The van der Waals surface area contributed by atoms with E-state index in [9.17, 15) is 18.3 Å². The fraction of sp³-hybridized carbons (Fsp3) is 0.0370. The highest BCUT2D eigenvalue weighted by Gasteiger charge is 2.19. The van der Waals surface area contributed by atoms with Crippen LogP contribution in [0.1, 0.15) is 15.9 Å². The molecule has 0 bridgehead atoms. The van der Waals surface area contributed by atoms with Crippen molar-refractivity contribution in [2.45, 2.75) is 11.8 Å². The maximum atomic E-state index is 13.2. The Morgan fingerprint density at radius 2 is 1.64 bits per heavy atom. The Kier molecular flexibility index (Phi) is 6.17. The summed E-state index contributed by atoms with van der Waals surface area (Å²) < 4.78 is 29.3. The van der Waals surface area contributed by atoms with Crippen molar-refractivity contribution < 1.29 is 18.3 Å². The molecule has 5 rings (SSSR count). The number of phenols is 1. The number of anilines is 2. The number of aromatic hydroxyl groups is 1. The molecule has 36 heavy (non-hydrogen) atoms. The van der Waals surface area contributed by atoms with Crippen molar-refractivity contribution in [2.75, 3.05) is 10.0 Å². The van der Waals surface area contributed by atoms with Gasteiger partial charge in [-0.05, 0) is 61.5 Å². The number of sulfonamides is 1. The Bertz CT molecular complexity index is 1660.